The highest BCUT2D eigenvalue weighted by Gasteiger charge is 2.30. The highest BCUT2D eigenvalue weighted by Crippen LogP contribution is 2.37. The van der Waals surface area contributed by atoms with E-state index >= 15 is 0 Å². The molecule has 0 bridgehead atoms. The summed E-state index contributed by atoms with van der Waals surface area (Å²) in [4.78, 5) is 14.6. The van der Waals surface area contributed by atoms with E-state index in [-0.39, 0.29) is 5.91 Å². The van der Waals surface area contributed by atoms with Crippen LogP contribution in [0, 0.1) is 3.57 Å². The zero-order chi connectivity index (χ0) is 19.5. The minimum absolute atomic E-state index is 0.0581. The van der Waals surface area contributed by atoms with Crippen molar-refractivity contribution in [1.29, 1.82) is 0 Å². The second-order valence-electron chi connectivity index (χ2n) is 6.61. The SMILES string of the molecule is CCN1C(=O)/C(=C\c2ccc(OCc3ccc(I)cc3)cc2)c2ccccc21. The Morgan fingerprint density at radius 1 is 0.964 bits per heavy atom. The van der Waals surface area contributed by atoms with Crippen LogP contribution in [-0.2, 0) is 11.4 Å². The monoisotopic (exact) mass is 481 g/mol. The third-order valence-electron chi connectivity index (χ3n) is 4.79. The van der Waals surface area contributed by atoms with Gasteiger partial charge in [0.25, 0.3) is 5.91 Å². The molecule has 140 valence electrons. The van der Waals surface area contributed by atoms with E-state index in [1.165, 1.54) is 3.57 Å². The van der Waals surface area contributed by atoms with Crippen LogP contribution in [0.1, 0.15) is 23.6 Å². The normalized spacial score (nSPS) is 14.4. The lowest BCUT2D eigenvalue weighted by molar-refractivity contribution is -0.112. The Labute approximate surface area is 178 Å². The molecule has 0 aliphatic carbocycles. The number of halogens is 1. The number of carbonyl (C=O) groups is 1. The molecule has 1 aliphatic rings. The van der Waals surface area contributed by atoms with Gasteiger partial charge in [0.15, 0.2) is 0 Å². The number of para-hydroxylation sites is 1. The van der Waals surface area contributed by atoms with Gasteiger partial charge in [-0.2, -0.15) is 0 Å². The molecule has 0 saturated heterocycles. The van der Waals surface area contributed by atoms with Crippen molar-refractivity contribution >= 4 is 45.8 Å². The standard InChI is InChI=1S/C24H20INO2/c1-2-26-23-6-4-3-5-21(23)22(24(26)27)15-17-9-13-20(14-10-17)28-16-18-7-11-19(25)12-8-18/h3-15H,2,16H2,1H3/b22-15-. The fourth-order valence-electron chi connectivity index (χ4n) is 3.33. The molecule has 0 N–H and O–H groups in total. The minimum atomic E-state index is 0.0581. The lowest BCUT2D eigenvalue weighted by atomic mass is 10.0. The van der Waals surface area contributed by atoms with Gasteiger partial charge in [0.2, 0.25) is 0 Å². The van der Waals surface area contributed by atoms with E-state index in [4.69, 9.17) is 4.74 Å². The number of carbonyl (C=O) groups excluding carboxylic acids is 1. The summed E-state index contributed by atoms with van der Waals surface area (Å²) < 4.78 is 7.08. The minimum Gasteiger partial charge on any atom is -0.489 e. The van der Waals surface area contributed by atoms with Crippen molar-refractivity contribution in [3.63, 3.8) is 0 Å². The van der Waals surface area contributed by atoms with Gasteiger partial charge in [0.05, 0.1) is 5.69 Å². The van der Waals surface area contributed by atoms with E-state index in [0.717, 1.165) is 33.7 Å². The maximum absolute atomic E-state index is 12.8. The van der Waals surface area contributed by atoms with Crippen LogP contribution >= 0.6 is 22.6 Å². The molecular formula is C24H20INO2. The Kier molecular flexibility index (Phi) is 5.48. The average molecular weight is 481 g/mol. The van der Waals surface area contributed by atoms with Crippen LogP contribution in [0.2, 0.25) is 0 Å². The molecule has 1 amide bonds. The maximum Gasteiger partial charge on any atom is 0.258 e. The first-order chi connectivity index (χ1) is 13.7. The third-order valence-corrected chi connectivity index (χ3v) is 5.51. The molecule has 4 heteroatoms. The quantitative estimate of drug-likeness (QED) is 0.342. The number of fused-ring (bicyclic) bond motifs is 1. The van der Waals surface area contributed by atoms with Crippen molar-refractivity contribution in [3.8, 4) is 5.75 Å². The number of amides is 1. The first kappa shape index (κ1) is 18.7. The van der Waals surface area contributed by atoms with Crippen LogP contribution in [-0.4, -0.2) is 12.5 Å². The predicted octanol–water partition coefficient (Wildman–Crippen LogP) is 5.78. The molecule has 0 saturated carbocycles. The van der Waals surface area contributed by atoms with E-state index in [9.17, 15) is 4.79 Å². The summed E-state index contributed by atoms with van der Waals surface area (Å²) in [5, 5.41) is 0. The molecule has 3 aromatic carbocycles. The van der Waals surface area contributed by atoms with Gasteiger partial charge in [-0.1, -0.05) is 42.5 Å². The van der Waals surface area contributed by atoms with E-state index in [1.54, 1.807) is 0 Å². The molecule has 3 nitrogen and oxygen atoms in total. The number of anilines is 1. The van der Waals surface area contributed by atoms with Crippen LogP contribution in [0.15, 0.2) is 72.8 Å². The molecule has 1 aliphatic heterocycles. The molecule has 0 radical (unpaired) electrons. The second-order valence-corrected chi connectivity index (χ2v) is 7.85. The number of hydrogen-bond acceptors (Lipinski definition) is 2. The molecule has 0 spiro atoms. The Balaban J connectivity index is 1.51. The molecule has 0 unspecified atom stereocenters. The molecule has 0 atom stereocenters. The number of benzene rings is 3. The Hall–Kier alpha value is -2.60. The lowest BCUT2D eigenvalue weighted by Gasteiger charge is -2.13. The topological polar surface area (TPSA) is 29.5 Å². The van der Waals surface area contributed by atoms with Gasteiger partial charge in [-0.3, -0.25) is 4.79 Å². The molecule has 4 rings (SSSR count). The van der Waals surface area contributed by atoms with Crippen molar-refractivity contribution in [2.45, 2.75) is 13.5 Å². The summed E-state index contributed by atoms with van der Waals surface area (Å²) in [6, 6.07) is 24.1. The van der Waals surface area contributed by atoms with E-state index < -0.39 is 0 Å². The maximum atomic E-state index is 12.8. The van der Waals surface area contributed by atoms with Gasteiger partial charge in [-0.15, -0.1) is 0 Å². The first-order valence-corrected chi connectivity index (χ1v) is 10.3. The van der Waals surface area contributed by atoms with Crippen molar-refractivity contribution in [1.82, 2.24) is 0 Å². The second kappa shape index (κ2) is 8.19. The van der Waals surface area contributed by atoms with Crippen LogP contribution in [0.4, 0.5) is 5.69 Å². The number of ether oxygens (including phenoxy) is 1. The van der Waals surface area contributed by atoms with Crippen molar-refractivity contribution in [2.24, 2.45) is 0 Å². The Morgan fingerprint density at radius 3 is 2.39 bits per heavy atom. The summed E-state index contributed by atoms with van der Waals surface area (Å²) in [6.07, 6.45) is 1.96. The van der Waals surface area contributed by atoms with Crippen molar-refractivity contribution in [2.75, 3.05) is 11.4 Å². The van der Waals surface area contributed by atoms with E-state index in [2.05, 4.69) is 46.9 Å². The van der Waals surface area contributed by atoms with E-state index in [1.807, 2.05) is 66.4 Å². The van der Waals surface area contributed by atoms with Crippen LogP contribution in [0.25, 0.3) is 11.6 Å². The molecule has 1 heterocycles. The number of nitrogens with zero attached hydrogens (tertiary/aromatic N) is 1. The number of hydrogen-bond donors (Lipinski definition) is 0. The molecule has 0 fully saturated rings. The van der Waals surface area contributed by atoms with Crippen LogP contribution < -0.4 is 9.64 Å². The summed E-state index contributed by atoms with van der Waals surface area (Å²) in [6.45, 7) is 3.20. The van der Waals surface area contributed by atoms with Crippen LogP contribution in [0.5, 0.6) is 5.75 Å². The largest absolute Gasteiger partial charge is 0.489 e. The zero-order valence-corrected chi connectivity index (χ0v) is 17.7. The van der Waals surface area contributed by atoms with Gasteiger partial charge in [-0.05, 0) is 77.0 Å². The summed E-state index contributed by atoms with van der Waals surface area (Å²) >= 11 is 2.29. The van der Waals surface area contributed by atoms with Gasteiger partial charge < -0.3 is 9.64 Å². The average Bonchev–Trinajstić information content (AvgIpc) is 2.99. The molecule has 0 aromatic heterocycles. The Morgan fingerprint density at radius 2 is 1.68 bits per heavy atom. The summed E-state index contributed by atoms with van der Waals surface area (Å²) in [7, 11) is 0. The first-order valence-electron chi connectivity index (χ1n) is 9.26. The van der Waals surface area contributed by atoms with Gasteiger partial charge in [0.1, 0.15) is 12.4 Å². The Bertz CT molecular complexity index is 1020. The van der Waals surface area contributed by atoms with Crippen molar-refractivity contribution < 1.29 is 9.53 Å². The van der Waals surface area contributed by atoms with Gasteiger partial charge >= 0.3 is 0 Å². The highest BCUT2D eigenvalue weighted by molar-refractivity contribution is 14.1. The zero-order valence-electron chi connectivity index (χ0n) is 15.6. The fraction of sp³-hybridized carbons (Fsp3) is 0.125. The third kappa shape index (κ3) is 3.83. The predicted molar refractivity (Wildman–Crippen MR) is 122 cm³/mol. The summed E-state index contributed by atoms with van der Waals surface area (Å²) in [5.74, 6) is 0.872. The smallest absolute Gasteiger partial charge is 0.258 e. The van der Waals surface area contributed by atoms with Gasteiger partial charge in [0, 0.05) is 21.3 Å². The van der Waals surface area contributed by atoms with Crippen LogP contribution in [0.3, 0.4) is 0 Å². The number of rotatable bonds is 5. The highest BCUT2D eigenvalue weighted by atomic mass is 127. The molecule has 3 aromatic rings. The fourth-order valence-corrected chi connectivity index (χ4v) is 3.69. The van der Waals surface area contributed by atoms with E-state index in [0.29, 0.717) is 13.2 Å². The lowest BCUT2D eigenvalue weighted by Crippen LogP contribution is -2.25. The molecule has 28 heavy (non-hydrogen) atoms. The number of likely N-dealkylation sites (N-methyl/N-ethyl adjacent to an activating group) is 1. The summed E-state index contributed by atoms with van der Waals surface area (Å²) in [5.41, 5.74) is 4.84. The molecular weight excluding hydrogens is 461 g/mol. The van der Waals surface area contributed by atoms with Crippen molar-refractivity contribution in [3.05, 3.63) is 93.1 Å². The van der Waals surface area contributed by atoms with Gasteiger partial charge in [-0.25, -0.2) is 0 Å².